The van der Waals surface area contributed by atoms with Crippen LogP contribution in [0.25, 0.3) is 22.1 Å². The van der Waals surface area contributed by atoms with Gasteiger partial charge in [0.25, 0.3) is 0 Å². The molecule has 0 saturated heterocycles. The molecule has 0 aliphatic heterocycles. The lowest BCUT2D eigenvalue weighted by Gasteiger charge is -2.41. The lowest BCUT2D eigenvalue weighted by Crippen LogP contribution is -2.49. The van der Waals surface area contributed by atoms with Crippen LogP contribution in [-0.2, 0) is 12.7 Å². The highest BCUT2D eigenvalue weighted by atomic mass is 19.1. The third-order valence-electron chi connectivity index (χ3n) is 8.37. The van der Waals surface area contributed by atoms with Crippen LogP contribution in [0.1, 0.15) is 74.5 Å². The molecule has 2 heterocycles. The van der Waals surface area contributed by atoms with Crippen LogP contribution in [0, 0.1) is 12.8 Å². The zero-order valence-electron chi connectivity index (χ0n) is 21.8. The summed E-state index contributed by atoms with van der Waals surface area (Å²) in [7, 11) is 1.76. The van der Waals surface area contributed by atoms with Crippen LogP contribution in [0.2, 0.25) is 0 Å². The van der Waals surface area contributed by atoms with Gasteiger partial charge in [-0.05, 0) is 87.3 Å². The highest BCUT2D eigenvalue weighted by molar-refractivity contribution is 5.84. The first-order valence-electron chi connectivity index (χ1n) is 13.2. The van der Waals surface area contributed by atoms with Gasteiger partial charge in [-0.2, -0.15) is 0 Å². The molecule has 2 aliphatic rings. The number of aromatic nitrogens is 3. The van der Waals surface area contributed by atoms with E-state index in [1.165, 1.54) is 19.0 Å². The van der Waals surface area contributed by atoms with Gasteiger partial charge in [0.1, 0.15) is 18.2 Å². The van der Waals surface area contributed by atoms with Crippen molar-refractivity contribution in [2.45, 2.75) is 70.1 Å². The monoisotopic (exact) mass is 500 g/mol. The van der Waals surface area contributed by atoms with Gasteiger partial charge in [0.2, 0.25) is 5.43 Å². The molecule has 2 aromatic heterocycles. The third kappa shape index (κ3) is 4.00. The molecule has 4 aromatic rings. The van der Waals surface area contributed by atoms with E-state index in [2.05, 4.69) is 35.4 Å². The molecule has 0 spiro atoms. The van der Waals surface area contributed by atoms with Gasteiger partial charge in [-0.15, -0.1) is 10.2 Å². The minimum atomic E-state index is -1.76. The summed E-state index contributed by atoms with van der Waals surface area (Å²) in [4.78, 5) is 13.8. The average molecular weight is 501 g/mol. The van der Waals surface area contributed by atoms with Crippen LogP contribution in [0.3, 0.4) is 0 Å². The number of nitrogens with one attached hydrogen (secondary N) is 1. The molecule has 6 rings (SSSR count). The summed E-state index contributed by atoms with van der Waals surface area (Å²) in [5.41, 5.74) is 2.40. The topological polar surface area (TPSA) is 73.0 Å². The second-order valence-electron chi connectivity index (χ2n) is 11.3. The predicted octanol–water partition coefficient (Wildman–Crippen LogP) is 6.11. The number of fused-ring (bicyclic) bond motifs is 1. The molecule has 0 amide bonds. The summed E-state index contributed by atoms with van der Waals surface area (Å²) in [5.74, 6) is 0.134. The number of benzene rings is 2. The summed E-state index contributed by atoms with van der Waals surface area (Å²) in [6, 6.07) is 11.3. The Hall–Kier alpha value is -3.32. The maximum Gasteiger partial charge on any atom is 0.200 e. The minimum absolute atomic E-state index is 0.108. The Labute approximate surface area is 215 Å². The molecule has 2 aliphatic carbocycles. The molecule has 0 radical (unpaired) electrons. The van der Waals surface area contributed by atoms with Crippen LogP contribution in [0.5, 0.6) is 0 Å². The Morgan fingerprint density at radius 2 is 2.03 bits per heavy atom. The van der Waals surface area contributed by atoms with Crippen LogP contribution < -0.4 is 10.7 Å². The van der Waals surface area contributed by atoms with Crippen molar-refractivity contribution >= 4 is 11.0 Å². The van der Waals surface area contributed by atoms with Crippen molar-refractivity contribution in [1.82, 2.24) is 20.1 Å². The first kappa shape index (κ1) is 24.0. The maximum atomic E-state index is 16.7. The summed E-state index contributed by atoms with van der Waals surface area (Å²) >= 11 is 0. The van der Waals surface area contributed by atoms with Gasteiger partial charge in [0, 0.05) is 24.5 Å². The maximum absolute atomic E-state index is 16.7. The summed E-state index contributed by atoms with van der Waals surface area (Å²) in [6.45, 7) is 6.37. The average Bonchev–Trinajstić information content (AvgIpc) is 3.64. The fraction of sp³-hybridized carbons (Fsp3) is 0.433. The van der Waals surface area contributed by atoms with Crippen LogP contribution >= 0.6 is 0 Å². The second-order valence-corrected chi connectivity index (χ2v) is 11.3. The summed E-state index contributed by atoms with van der Waals surface area (Å²) < 4.78 is 24.4. The SMILES string of the molecule is Cc1cc(C(C)NC2(C)CCC2)cc2c(=O)c(-c3cccc(C(F)(c4nncn4C)C4CC4)c3)coc12. The van der Waals surface area contributed by atoms with E-state index in [1.54, 1.807) is 29.8 Å². The zero-order valence-corrected chi connectivity index (χ0v) is 21.8. The lowest BCUT2D eigenvalue weighted by molar-refractivity contribution is 0.168. The number of nitrogens with zero attached hydrogens (tertiary/aromatic N) is 3. The smallest absolute Gasteiger partial charge is 0.200 e. The Kier molecular flexibility index (Phi) is 5.60. The quantitative estimate of drug-likeness (QED) is 0.331. The van der Waals surface area contributed by atoms with Crippen molar-refractivity contribution in [3.8, 4) is 11.1 Å². The van der Waals surface area contributed by atoms with Crippen LogP contribution in [0.15, 0.2) is 58.2 Å². The first-order chi connectivity index (χ1) is 17.7. The van der Waals surface area contributed by atoms with E-state index < -0.39 is 5.67 Å². The number of hydrogen-bond acceptors (Lipinski definition) is 5. The predicted molar refractivity (Wildman–Crippen MR) is 142 cm³/mol. The Bertz CT molecular complexity index is 1550. The highest BCUT2D eigenvalue weighted by Crippen LogP contribution is 2.52. The Balaban J connectivity index is 1.42. The van der Waals surface area contributed by atoms with E-state index >= 15 is 4.39 Å². The number of rotatable bonds is 7. The zero-order chi connectivity index (χ0) is 25.9. The molecular weight excluding hydrogens is 467 g/mol. The van der Waals surface area contributed by atoms with E-state index in [1.807, 2.05) is 19.1 Å². The van der Waals surface area contributed by atoms with Gasteiger partial charge < -0.3 is 14.3 Å². The molecule has 1 N–H and O–H groups in total. The van der Waals surface area contributed by atoms with Gasteiger partial charge in [-0.25, -0.2) is 4.39 Å². The van der Waals surface area contributed by atoms with Gasteiger partial charge in [-0.3, -0.25) is 4.79 Å². The summed E-state index contributed by atoms with van der Waals surface area (Å²) in [6.07, 6.45) is 8.19. The third-order valence-corrected chi connectivity index (χ3v) is 8.37. The molecule has 2 saturated carbocycles. The van der Waals surface area contributed by atoms with E-state index in [9.17, 15) is 4.79 Å². The van der Waals surface area contributed by atoms with Crippen molar-refractivity contribution in [1.29, 1.82) is 0 Å². The van der Waals surface area contributed by atoms with E-state index in [4.69, 9.17) is 4.42 Å². The fourth-order valence-corrected chi connectivity index (χ4v) is 5.90. The van der Waals surface area contributed by atoms with Gasteiger partial charge in [-0.1, -0.05) is 24.3 Å². The molecule has 0 bridgehead atoms. The molecule has 2 aromatic carbocycles. The van der Waals surface area contributed by atoms with Crippen molar-refractivity contribution in [2.24, 2.45) is 13.0 Å². The van der Waals surface area contributed by atoms with E-state index in [0.717, 1.165) is 36.8 Å². The van der Waals surface area contributed by atoms with E-state index in [-0.39, 0.29) is 22.9 Å². The number of aryl methyl sites for hydroxylation is 2. The first-order valence-corrected chi connectivity index (χ1v) is 13.2. The Morgan fingerprint density at radius 3 is 2.68 bits per heavy atom. The molecule has 192 valence electrons. The highest BCUT2D eigenvalue weighted by Gasteiger charge is 2.51. The van der Waals surface area contributed by atoms with Crippen LogP contribution in [-0.4, -0.2) is 20.3 Å². The van der Waals surface area contributed by atoms with Crippen molar-refractivity contribution in [3.05, 3.63) is 81.7 Å². The molecular formula is C30H33FN4O2. The van der Waals surface area contributed by atoms with Gasteiger partial charge in [0.05, 0.1) is 10.9 Å². The Morgan fingerprint density at radius 1 is 1.24 bits per heavy atom. The van der Waals surface area contributed by atoms with Gasteiger partial charge >= 0.3 is 0 Å². The van der Waals surface area contributed by atoms with Gasteiger partial charge in [0.15, 0.2) is 11.5 Å². The van der Waals surface area contributed by atoms with Crippen molar-refractivity contribution in [3.63, 3.8) is 0 Å². The molecule has 2 unspecified atom stereocenters. The lowest BCUT2D eigenvalue weighted by atomic mass is 9.78. The number of alkyl halides is 1. The van der Waals surface area contributed by atoms with Crippen molar-refractivity contribution in [2.75, 3.05) is 0 Å². The minimum Gasteiger partial charge on any atom is -0.463 e. The fourth-order valence-electron chi connectivity index (χ4n) is 5.90. The van der Waals surface area contributed by atoms with E-state index in [0.29, 0.717) is 33.5 Å². The molecule has 2 fully saturated rings. The number of hydrogen-bond donors (Lipinski definition) is 1. The molecule has 2 atom stereocenters. The standard InChI is InChI=1S/C30H33FN4O2/c1-18-13-21(19(2)33-29(3)11-6-12-29)15-24-26(36)25(16-37-27(18)24)20-7-5-8-23(14-20)30(31,22-9-10-22)28-34-32-17-35(28)4/h5,7-8,13-17,19,22,33H,6,9-12H2,1-4H3. The molecule has 37 heavy (non-hydrogen) atoms. The molecule has 7 heteroatoms. The normalized spacial score (nSPS) is 19.4. The molecule has 6 nitrogen and oxygen atoms in total. The van der Waals surface area contributed by atoms with Crippen molar-refractivity contribution < 1.29 is 8.81 Å². The van der Waals surface area contributed by atoms with Crippen LogP contribution in [0.4, 0.5) is 4.39 Å². The largest absolute Gasteiger partial charge is 0.463 e. The number of halogens is 1. The second kappa shape index (κ2) is 8.62. The summed E-state index contributed by atoms with van der Waals surface area (Å²) in [5, 5.41) is 12.3.